The third-order valence-electron chi connectivity index (χ3n) is 4.04. The van der Waals surface area contributed by atoms with Crippen LogP contribution in [-0.2, 0) is 6.42 Å². The molecule has 0 radical (unpaired) electrons. The Balaban J connectivity index is 1.98. The highest BCUT2D eigenvalue weighted by Gasteiger charge is 2.21. The molecule has 2 heteroatoms. The second-order valence-electron chi connectivity index (χ2n) is 5.25. The van der Waals surface area contributed by atoms with Crippen molar-refractivity contribution in [2.45, 2.75) is 31.9 Å². The molecule has 0 saturated heterocycles. The predicted octanol–water partition coefficient (Wildman–Crippen LogP) is 3.03. The number of rotatable bonds is 3. The normalized spacial score (nSPS) is 15.7. The molecule has 2 atom stereocenters. The van der Waals surface area contributed by atoms with Gasteiger partial charge in [-0.15, -0.1) is 0 Å². The molecule has 0 amide bonds. The van der Waals surface area contributed by atoms with Crippen LogP contribution in [0, 0.1) is 0 Å². The second kappa shape index (κ2) is 4.80. The topological polar surface area (TPSA) is 46.2 Å². The Morgan fingerprint density at radius 2 is 1.84 bits per heavy atom. The van der Waals surface area contributed by atoms with Gasteiger partial charge in [0.2, 0.25) is 0 Å². The summed E-state index contributed by atoms with van der Waals surface area (Å²) >= 11 is 0. The van der Waals surface area contributed by atoms with E-state index in [1.54, 1.807) is 0 Å². The van der Waals surface area contributed by atoms with Crippen molar-refractivity contribution in [2.24, 2.45) is 5.73 Å². The minimum Gasteiger partial charge on any atom is -0.391 e. The summed E-state index contributed by atoms with van der Waals surface area (Å²) in [5.41, 5.74) is 12.4. The number of fused-ring (bicyclic) bond motifs is 3. The Morgan fingerprint density at radius 3 is 2.63 bits per heavy atom. The van der Waals surface area contributed by atoms with Crippen molar-refractivity contribution in [2.75, 3.05) is 0 Å². The lowest BCUT2D eigenvalue weighted by Crippen LogP contribution is -2.25. The van der Waals surface area contributed by atoms with Gasteiger partial charge < -0.3 is 10.8 Å². The Kier molecular flexibility index (Phi) is 3.13. The molecule has 2 aromatic carbocycles. The van der Waals surface area contributed by atoms with E-state index in [-0.39, 0.29) is 6.04 Å². The van der Waals surface area contributed by atoms with Gasteiger partial charge in [-0.2, -0.15) is 0 Å². The first-order valence-corrected chi connectivity index (χ1v) is 6.85. The monoisotopic (exact) mass is 253 g/mol. The van der Waals surface area contributed by atoms with E-state index in [0.29, 0.717) is 6.42 Å². The fourth-order valence-corrected chi connectivity index (χ4v) is 2.85. The second-order valence-corrected chi connectivity index (χ2v) is 5.25. The van der Waals surface area contributed by atoms with Crippen molar-refractivity contribution >= 4 is 0 Å². The Labute approximate surface area is 113 Å². The number of nitrogens with two attached hydrogens (primary N) is 1. The zero-order valence-electron chi connectivity index (χ0n) is 11.1. The molecule has 0 saturated carbocycles. The summed E-state index contributed by atoms with van der Waals surface area (Å²) in [6.07, 6.45) is 1.18. The lowest BCUT2D eigenvalue weighted by molar-refractivity contribution is 0.140. The summed E-state index contributed by atoms with van der Waals surface area (Å²) in [6.45, 7) is 1.95. The molecule has 2 nitrogen and oxygen atoms in total. The van der Waals surface area contributed by atoms with Gasteiger partial charge in [0.1, 0.15) is 0 Å². The van der Waals surface area contributed by atoms with Gasteiger partial charge in [-0.3, -0.25) is 0 Å². The molecule has 1 aliphatic carbocycles. The van der Waals surface area contributed by atoms with Crippen molar-refractivity contribution in [3.63, 3.8) is 0 Å². The first-order valence-electron chi connectivity index (χ1n) is 6.85. The summed E-state index contributed by atoms with van der Waals surface area (Å²) in [6, 6.07) is 14.5. The molecule has 0 spiro atoms. The average molecular weight is 253 g/mol. The molecule has 3 rings (SSSR count). The number of benzene rings is 2. The van der Waals surface area contributed by atoms with E-state index >= 15 is 0 Å². The van der Waals surface area contributed by atoms with Crippen LogP contribution >= 0.6 is 0 Å². The Hall–Kier alpha value is -1.64. The van der Waals surface area contributed by atoms with Gasteiger partial charge in [0.25, 0.3) is 0 Å². The first kappa shape index (κ1) is 12.4. The van der Waals surface area contributed by atoms with Crippen LogP contribution in [-0.4, -0.2) is 11.2 Å². The molecule has 0 fully saturated rings. The summed E-state index contributed by atoms with van der Waals surface area (Å²) in [7, 11) is 0. The van der Waals surface area contributed by atoms with Crippen molar-refractivity contribution in [1.29, 1.82) is 0 Å². The lowest BCUT2D eigenvalue weighted by atomic mass is 9.96. The van der Waals surface area contributed by atoms with Crippen LogP contribution in [0.1, 0.15) is 36.1 Å². The molecular formula is C17H19NO. The van der Waals surface area contributed by atoms with E-state index in [1.165, 1.54) is 22.3 Å². The number of hydrogen-bond acceptors (Lipinski definition) is 2. The zero-order valence-corrected chi connectivity index (χ0v) is 11.1. The molecule has 0 aliphatic heterocycles. The maximum Gasteiger partial charge on any atom is 0.0730 e. The molecule has 3 N–H and O–H groups in total. The standard InChI is InChI=1S/C17H19NO/c1-2-16(19)17(18)12-7-8-15-13(10-12)9-11-5-3-4-6-14(11)15/h3-8,10,16-17,19H,2,9,18H2,1H3/t16-,17+/m1/s1. The Bertz CT molecular complexity index is 606. The van der Waals surface area contributed by atoms with Gasteiger partial charge in [-0.1, -0.05) is 49.4 Å². The van der Waals surface area contributed by atoms with E-state index in [4.69, 9.17) is 5.73 Å². The molecule has 0 heterocycles. The van der Waals surface area contributed by atoms with Gasteiger partial charge in [0.05, 0.1) is 12.1 Å². The molecule has 1 aliphatic rings. The van der Waals surface area contributed by atoms with Crippen LogP contribution in [0.3, 0.4) is 0 Å². The molecule has 2 aromatic rings. The predicted molar refractivity (Wildman–Crippen MR) is 77.9 cm³/mol. The maximum atomic E-state index is 9.88. The molecule has 0 bridgehead atoms. The van der Waals surface area contributed by atoms with Crippen LogP contribution < -0.4 is 5.73 Å². The van der Waals surface area contributed by atoms with Crippen LogP contribution in [0.2, 0.25) is 0 Å². The molecule has 98 valence electrons. The molecule has 0 unspecified atom stereocenters. The van der Waals surface area contributed by atoms with E-state index in [2.05, 4.69) is 36.4 Å². The summed E-state index contributed by atoms with van der Waals surface area (Å²) in [5, 5.41) is 9.88. The van der Waals surface area contributed by atoms with Crippen molar-refractivity contribution in [3.05, 3.63) is 59.2 Å². The summed E-state index contributed by atoms with van der Waals surface area (Å²) in [5.74, 6) is 0. The summed E-state index contributed by atoms with van der Waals surface area (Å²) < 4.78 is 0. The lowest BCUT2D eigenvalue weighted by Gasteiger charge is -2.18. The highest BCUT2D eigenvalue weighted by molar-refractivity contribution is 5.77. The fourth-order valence-electron chi connectivity index (χ4n) is 2.85. The van der Waals surface area contributed by atoms with E-state index in [9.17, 15) is 5.11 Å². The number of aliphatic hydroxyl groups is 1. The quantitative estimate of drug-likeness (QED) is 0.753. The van der Waals surface area contributed by atoms with Gasteiger partial charge in [0, 0.05) is 0 Å². The summed E-state index contributed by atoms with van der Waals surface area (Å²) in [4.78, 5) is 0. The third kappa shape index (κ3) is 2.07. The van der Waals surface area contributed by atoms with Crippen LogP contribution in [0.25, 0.3) is 11.1 Å². The molecule has 0 aromatic heterocycles. The SMILES string of the molecule is CC[C@@H](O)[C@@H](N)c1ccc2c(c1)Cc1ccccc1-2. The first-order chi connectivity index (χ1) is 9.20. The maximum absolute atomic E-state index is 9.88. The average Bonchev–Trinajstić information content (AvgIpc) is 2.83. The Morgan fingerprint density at radius 1 is 1.11 bits per heavy atom. The van der Waals surface area contributed by atoms with Crippen LogP contribution in [0.5, 0.6) is 0 Å². The van der Waals surface area contributed by atoms with Crippen LogP contribution in [0.4, 0.5) is 0 Å². The molecular weight excluding hydrogens is 234 g/mol. The highest BCUT2D eigenvalue weighted by atomic mass is 16.3. The van der Waals surface area contributed by atoms with Gasteiger partial charge in [-0.05, 0) is 40.7 Å². The van der Waals surface area contributed by atoms with E-state index in [1.807, 2.05) is 13.0 Å². The van der Waals surface area contributed by atoms with Crippen molar-refractivity contribution < 1.29 is 5.11 Å². The highest BCUT2D eigenvalue weighted by Crippen LogP contribution is 2.37. The van der Waals surface area contributed by atoms with Crippen molar-refractivity contribution in [3.8, 4) is 11.1 Å². The van der Waals surface area contributed by atoms with Gasteiger partial charge in [-0.25, -0.2) is 0 Å². The minimum absolute atomic E-state index is 0.293. The number of aliphatic hydroxyl groups excluding tert-OH is 1. The van der Waals surface area contributed by atoms with E-state index in [0.717, 1.165) is 12.0 Å². The van der Waals surface area contributed by atoms with E-state index < -0.39 is 6.10 Å². The molecule has 19 heavy (non-hydrogen) atoms. The van der Waals surface area contributed by atoms with Crippen LogP contribution in [0.15, 0.2) is 42.5 Å². The fraction of sp³-hybridized carbons (Fsp3) is 0.294. The van der Waals surface area contributed by atoms with Gasteiger partial charge in [0.15, 0.2) is 0 Å². The third-order valence-corrected chi connectivity index (χ3v) is 4.04. The zero-order chi connectivity index (χ0) is 13.4. The van der Waals surface area contributed by atoms with Gasteiger partial charge >= 0.3 is 0 Å². The number of hydrogen-bond donors (Lipinski definition) is 2. The van der Waals surface area contributed by atoms with Crippen molar-refractivity contribution in [1.82, 2.24) is 0 Å². The largest absolute Gasteiger partial charge is 0.391 e. The smallest absolute Gasteiger partial charge is 0.0730 e. The minimum atomic E-state index is -0.471.